The van der Waals surface area contributed by atoms with E-state index in [9.17, 15) is 4.79 Å². The van der Waals surface area contributed by atoms with Gasteiger partial charge in [0, 0.05) is 5.92 Å². The number of carbonyl (C=O) groups is 1. The van der Waals surface area contributed by atoms with Gasteiger partial charge in [-0.1, -0.05) is 26.2 Å². The number of carbonyl (C=O) groups excluding carboxylic acids is 1. The normalized spacial score (nSPS) is 33.8. The van der Waals surface area contributed by atoms with E-state index in [1.165, 1.54) is 19.3 Å². The van der Waals surface area contributed by atoms with Crippen molar-refractivity contribution in [2.45, 2.75) is 39.5 Å². The Hall–Kier alpha value is -0.330. The SMILES string of the molecule is CC(=O)C1CCCC[C@H]1C. The van der Waals surface area contributed by atoms with E-state index in [1.807, 2.05) is 0 Å². The first kappa shape index (κ1) is 7.77. The number of hydrogen-bond donors (Lipinski definition) is 0. The Morgan fingerprint density at radius 1 is 1.30 bits per heavy atom. The van der Waals surface area contributed by atoms with Crippen molar-refractivity contribution in [1.29, 1.82) is 0 Å². The molecule has 0 aromatic rings. The Bertz CT molecular complexity index is 129. The molecule has 58 valence electrons. The minimum atomic E-state index is 0.383. The smallest absolute Gasteiger partial charge is 0.133 e. The molecule has 2 atom stereocenters. The summed E-state index contributed by atoms with van der Waals surface area (Å²) < 4.78 is 0. The van der Waals surface area contributed by atoms with Crippen molar-refractivity contribution < 1.29 is 4.79 Å². The van der Waals surface area contributed by atoms with Gasteiger partial charge >= 0.3 is 0 Å². The van der Waals surface area contributed by atoms with Crippen molar-refractivity contribution in [3.05, 3.63) is 0 Å². The van der Waals surface area contributed by atoms with Crippen LogP contribution in [-0.4, -0.2) is 5.78 Å². The molecule has 1 aliphatic rings. The first-order valence-electron chi connectivity index (χ1n) is 4.22. The molecule has 1 unspecified atom stereocenters. The third kappa shape index (κ3) is 1.59. The van der Waals surface area contributed by atoms with E-state index in [0.717, 1.165) is 6.42 Å². The largest absolute Gasteiger partial charge is 0.300 e. The van der Waals surface area contributed by atoms with Crippen LogP contribution < -0.4 is 0 Å². The molecule has 1 aliphatic carbocycles. The molecular weight excluding hydrogens is 124 g/mol. The summed E-state index contributed by atoms with van der Waals surface area (Å²) in [6, 6.07) is 0. The van der Waals surface area contributed by atoms with E-state index in [-0.39, 0.29) is 0 Å². The lowest BCUT2D eigenvalue weighted by atomic mass is 9.78. The third-order valence-corrected chi connectivity index (χ3v) is 2.63. The minimum Gasteiger partial charge on any atom is -0.300 e. The number of Topliss-reactive ketones (excluding diaryl/α,β-unsaturated/α-hetero) is 1. The zero-order chi connectivity index (χ0) is 7.56. The maximum absolute atomic E-state index is 11.0. The molecule has 0 aromatic heterocycles. The van der Waals surface area contributed by atoms with Crippen LogP contribution in [0.5, 0.6) is 0 Å². The fraction of sp³-hybridized carbons (Fsp3) is 0.889. The van der Waals surface area contributed by atoms with Gasteiger partial charge in [-0.15, -0.1) is 0 Å². The van der Waals surface area contributed by atoms with Crippen LogP contribution in [0.1, 0.15) is 39.5 Å². The molecule has 0 amide bonds. The molecule has 0 aromatic carbocycles. The summed E-state index contributed by atoms with van der Waals surface area (Å²) in [7, 11) is 0. The van der Waals surface area contributed by atoms with Crippen LogP contribution in [0.2, 0.25) is 0 Å². The lowest BCUT2D eigenvalue weighted by molar-refractivity contribution is -0.123. The standard InChI is InChI=1S/C9H16O/c1-7-5-3-4-6-9(7)8(2)10/h7,9H,3-6H2,1-2H3/t7-,9?/m1/s1. The minimum absolute atomic E-state index is 0.383. The predicted molar refractivity (Wildman–Crippen MR) is 41.8 cm³/mol. The first-order valence-corrected chi connectivity index (χ1v) is 4.22. The number of hydrogen-bond acceptors (Lipinski definition) is 1. The molecule has 10 heavy (non-hydrogen) atoms. The van der Waals surface area contributed by atoms with Gasteiger partial charge in [-0.3, -0.25) is 4.79 Å². The van der Waals surface area contributed by atoms with Gasteiger partial charge in [0.1, 0.15) is 5.78 Å². The van der Waals surface area contributed by atoms with Gasteiger partial charge in [-0.25, -0.2) is 0 Å². The van der Waals surface area contributed by atoms with Crippen LogP contribution in [0, 0.1) is 11.8 Å². The zero-order valence-corrected chi connectivity index (χ0v) is 6.89. The molecule has 0 N–H and O–H groups in total. The third-order valence-electron chi connectivity index (χ3n) is 2.63. The summed E-state index contributed by atoms with van der Waals surface area (Å²) in [5, 5.41) is 0. The molecule has 0 aliphatic heterocycles. The Morgan fingerprint density at radius 2 is 1.90 bits per heavy atom. The van der Waals surface area contributed by atoms with Crippen molar-refractivity contribution in [2.24, 2.45) is 11.8 Å². The lowest BCUT2D eigenvalue weighted by Crippen LogP contribution is -2.22. The molecule has 1 fully saturated rings. The Labute approximate surface area is 62.8 Å². The van der Waals surface area contributed by atoms with Gasteiger partial charge in [-0.05, 0) is 19.3 Å². The van der Waals surface area contributed by atoms with E-state index < -0.39 is 0 Å². The molecule has 1 rings (SSSR count). The monoisotopic (exact) mass is 140 g/mol. The highest BCUT2D eigenvalue weighted by molar-refractivity contribution is 5.78. The lowest BCUT2D eigenvalue weighted by Gasteiger charge is -2.26. The molecule has 0 bridgehead atoms. The Balaban J connectivity index is 2.47. The van der Waals surface area contributed by atoms with E-state index in [0.29, 0.717) is 17.6 Å². The maximum Gasteiger partial charge on any atom is 0.133 e. The highest BCUT2D eigenvalue weighted by Gasteiger charge is 2.24. The number of rotatable bonds is 1. The molecule has 0 heterocycles. The van der Waals surface area contributed by atoms with Crippen molar-refractivity contribution in [3.8, 4) is 0 Å². The Morgan fingerprint density at radius 3 is 2.30 bits per heavy atom. The highest BCUT2D eigenvalue weighted by Crippen LogP contribution is 2.29. The fourth-order valence-electron chi connectivity index (χ4n) is 1.92. The maximum atomic E-state index is 11.0. The van der Waals surface area contributed by atoms with Crippen molar-refractivity contribution in [2.75, 3.05) is 0 Å². The average molecular weight is 140 g/mol. The van der Waals surface area contributed by atoms with Gasteiger partial charge < -0.3 is 0 Å². The van der Waals surface area contributed by atoms with Crippen LogP contribution >= 0.6 is 0 Å². The molecule has 0 spiro atoms. The van der Waals surface area contributed by atoms with E-state index >= 15 is 0 Å². The predicted octanol–water partition coefficient (Wildman–Crippen LogP) is 2.40. The van der Waals surface area contributed by atoms with E-state index in [2.05, 4.69) is 6.92 Å². The van der Waals surface area contributed by atoms with Gasteiger partial charge in [0.15, 0.2) is 0 Å². The van der Waals surface area contributed by atoms with Crippen molar-refractivity contribution >= 4 is 5.78 Å². The molecule has 0 radical (unpaired) electrons. The van der Waals surface area contributed by atoms with Crippen LogP contribution in [-0.2, 0) is 4.79 Å². The summed E-state index contributed by atoms with van der Waals surface area (Å²) in [5.74, 6) is 1.42. The van der Waals surface area contributed by atoms with E-state index in [1.54, 1.807) is 6.92 Å². The summed E-state index contributed by atoms with van der Waals surface area (Å²) in [6.07, 6.45) is 4.97. The first-order chi connectivity index (χ1) is 4.72. The molecular formula is C9H16O. The number of ketones is 1. The Kier molecular flexibility index (Phi) is 2.47. The fourth-order valence-corrected chi connectivity index (χ4v) is 1.92. The molecule has 1 saturated carbocycles. The molecule has 1 heteroatoms. The second-order valence-corrected chi connectivity index (χ2v) is 3.48. The van der Waals surface area contributed by atoms with Crippen LogP contribution in [0.25, 0.3) is 0 Å². The molecule has 1 nitrogen and oxygen atoms in total. The van der Waals surface area contributed by atoms with Crippen molar-refractivity contribution in [1.82, 2.24) is 0 Å². The van der Waals surface area contributed by atoms with E-state index in [4.69, 9.17) is 0 Å². The van der Waals surface area contributed by atoms with Gasteiger partial charge in [-0.2, -0.15) is 0 Å². The summed E-state index contributed by atoms with van der Waals surface area (Å²) in [5.41, 5.74) is 0. The quantitative estimate of drug-likeness (QED) is 0.546. The van der Waals surface area contributed by atoms with Gasteiger partial charge in [0.2, 0.25) is 0 Å². The second kappa shape index (κ2) is 3.18. The highest BCUT2D eigenvalue weighted by atomic mass is 16.1. The topological polar surface area (TPSA) is 17.1 Å². The zero-order valence-electron chi connectivity index (χ0n) is 6.89. The van der Waals surface area contributed by atoms with Crippen LogP contribution in [0.15, 0.2) is 0 Å². The van der Waals surface area contributed by atoms with Crippen LogP contribution in [0.3, 0.4) is 0 Å². The van der Waals surface area contributed by atoms with Crippen LogP contribution in [0.4, 0.5) is 0 Å². The van der Waals surface area contributed by atoms with Crippen molar-refractivity contribution in [3.63, 3.8) is 0 Å². The molecule has 0 saturated heterocycles. The van der Waals surface area contributed by atoms with Gasteiger partial charge in [0.05, 0.1) is 0 Å². The second-order valence-electron chi connectivity index (χ2n) is 3.48. The summed E-state index contributed by atoms with van der Waals surface area (Å²) in [6.45, 7) is 3.93. The average Bonchev–Trinajstić information content (AvgIpc) is 1.88. The van der Waals surface area contributed by atoms with Gasteiger partial charge in [0.25, 0.3) is 0 Å². The summed E-state index contributed by atoms with van der Waals surface area (Å²) >= 11 is 0. The summed E-state index contributed by atoms with van der Waals surface area (Å²) in [4.78, 5) is 11.0.